The van der Waals surface area contributed by atoms with Gasteiger partial charge in [-0.2, -0.15) is 0 Å². The smallest absolute Gasteiger partial charge is 0.406 e. The fourth-order valence-corrected chi connectivity index (χ4v) is 5.46. The summed E-state index contributed by atoms with van der Waals surface area (Å²) in [5.74, 6) is -1.51. The topological polar surface area (TPSA) is 141 Å². The average molecular weight is 500 g/mol. The second kappa shape index (κ2) is 8.55. The van der Waals surface area contributed by atoms with Gasteiger partial charge in [0.25, 0.3) is 5.91 Å². The predicted molar refractivity (Wildman–Crippen MR) is 118 cm³/mol. The largest absolute Gasteiger partial charge is 0.573 e. The van der Waals surface area contributed by atoms with Crippen LogP contribution < -0.4 is 15.4 Å². The molecule has 2 heterocycles. The van der Waals surface area contributed by atoms with Crippen molar-refractivity contribution < 1.29 is 36.2 Å². The van der Waals surface area contributed by atoms with Crippen molar-refractivity contribution in [2.45, 2.75) is 38.3 Å². The van der Waals surface area contributed by atoms with E-state index in [1.54, 1.807) is 6.92 Å². The summed E-state index contributed by atoms with van der Waals surface area (Å²) in [7, 11) is -3.20. The molecule has 1 aromatic heterocycles. The maximum Gasteiger partial charge on any atom is 0.573 e. The molecule has 1 fully saturated rings. The summed E-state index contributed by atoms with van der Waals surface area (Å²) >= 11 is 0. The summed E-state index contributed by atoms with van der Waals surface area (Å²) < 4.78 is 64.5. The normalized spacial score (nSPS) is 16.8. The number of pyridine rings is 1. The fourth-order valence-electron chi connectivity index (χ4n) is 3.46. The van der Waals surface area contributed by atoms with Gasteiger partial charge in [0, 0.05) is 23.5 Å². The number of aliphatic hydroxyl groups is 1. The predicted octanol–water partition coefficient (Wildman–Crippen LogP) is 2.78. The first-order valence-electron chi connectivity index (χ1n) is 9.94. The van der Waals surface area contributed by atoms with Crippen LogP contribution in [0.4, 0.5) is 24.7 Å². The van der Waals surface area contributed by atoms with E-state index < -0.39 is 39.0 Å². The zero-order valence-corrected chi connectivity index (χ0v) is 19.3. The van der Waals surface area contributed by atoms with Crippen molar-refractivity contribution >= 4 is 33.0 Å². The van der Waals surface area contributed by atoms with Gasteiger partial charge in [-0.05, 0) is 39.0 Å². The van der Waals surface area contributed by atoms with Crippen LogP contribution in [0, 0.1) is 5.41 Å². The summed E-state index contributed by atoms with van der Waals surface area (Å²) in [5, 5.41) is 24.1. The summed E-state index contributed by atoms with van der Waals surface area (Å²) in [6.07, 6.45) is -3.71. The molecule has 1 aliphatic heterocycles. The third-order valence-corrected chi connectivity index (χ3v) is 7.01. The lowest BCUT2D eigenvalue weighted by atomic mass is 9.95. The van der Waals surface area contributed by atoms with Crippen LogP contribution >= 0.6 is 0 Å². The van der Waals surface area contributed by atoms with Gasteiger partial charge < -0.3 is 25.9 Å². The SMILES string of the molecule is CC1(NC(=O)c2cnc(Nc3cccc(OC(F)(F)F)c3)c(C(=N)C(C)(C)O)c2)CS(=O)(=O)C1. The number of carbonyl (C=O) groups excluding carboxylic acids is 1. The van der Waals surface area contributed by atoms with Gasteiger partial charge in [0.05, 0.1) is 28.3 Å². The Bertz CT molecular complexity index is 1230. The Hall–Kier alpha value is -3.19. The van der Waals surface area contributed by atoms with Gasteiger partial charge in [-0.25, -0.2) is 13.4 Å². The van der Waals surface area contributed by atoms with E-state index >= 15 is 0 Å². The number of sulfone groups is 1. The van der Waals surface area contributed by atoms with Crippen molar-refractivity contribution in [1.82, 2.24) is 10.3 Å². The van der Waals surface area contributed by atoms with Crippen LogP contribution in [0.1, 0.15) is 36.7 Å². The first-order chi connectivity index (χ1) is 15.5. The Morgan fingerprint density at radius 3 is 2.44 bits per heavy atom. The molecule has 34 heavy (non-hydrogen) atoms. The van der Waals surface area contributed by atoms with Crippen molar-refractivity contribution in [2.75, 3.05) is 16.8 Å². The fraction of sp³-hybridized carbons (Fsp3) is 0.381. The number of anilines is 2. The molecule has 0 atom stereocenters. The van der Waals surface area contributed by atoms with E-state index in [1.165, 1.54) is 38.2 Å². The van der Waals surface area contributed by atoms with E-state index in [2.05, 4.69) is 20.4 Å². The monoisotopic (exact) mass is 500 g/mol. The summed E-state index contributed by atoms with van der Waals surface area (Å²) in [4.78, 5) is 16.8. The number of nitrogens with zero attached hydrogens (tertiary/aromatic N) is 1. The minimum atomic E-state index is -4.88. The zero-order chi connectivity index (χ0) is 25.5. The van der Waals surface area contributed by atoms with E-state index in [1.807, 2.05) is 0 Å². The molecule has 0 unspecified atom stereocenters. The molecule has 1 aliphatic rings. The summed E-state index contributed by atoms with van der Waals surface area (Å²) in [6, 6.07) is 6.24. The first-order valence-corrected chi connectivity index (χ1v) is 11.8. The standard InChI is InChI=1S/C21H23F3N4O5S/c1-19(2,30)16(25)15-7-12(18(29)28-20(3)10-34(31,32)11-20)9-26-17(15)27-13-5-4-6-14(8-13)33-21(22,23)24/h4-9,25,30H,10-11H2,1-3H3,(H,26,27)(H,28,29). The third kappa shape index (κ3) is 6.23. The minimum absolute atomic E-state index is 0.00488. The zero-order valence-electron chi connectivity index (χ0n) is 18.4. The summed E-state index contributed by atoms with van der Waals surface area (Å²) in [6.45, 7) is 4.29. The number of ether oxygens (including phenoxy) is 1. The molecule has 184 valence electrons. The number of amides is 1. The Labute approximate surface area is 193 Å². The van der Waals surface area contributed by atoms with Crippen LogP contribution in [-0.4, -0.2) is 59.1 Å². The number of aromatic nitrogens is 1. The van der Waals surface area contributed by atoms with E-state index in [0.29, 0.717) is 0 Å². The van der Waals surface area contributed by atoms with Crippen molar-refractivity contribution in [3.63, 3.8) is 0 Å². The molecular formula is C21H23F3N4O5S. The number of carbonyl (C=O) groups is 1. The number of alkyl halides is 3. The van der Waals surface area contributed by atoms with Gasteiger partial charge in [0.2, 0.25) is 0 Å². The highest BCUT2D eigenvalue weighted by atomic mass is 32.2. The van der Waals surface area contributed by atoms with Gasteiger partial charge in [0.1, 0.15) is 17.2 Å². The molecule has 0 saturated carbocycles. The third-order valence-electron chi connectivity index (χ3n) is 4.85. The molecule has 0 aliphatic carbocycles. The molecule has 1 saturated heterocycles. The molecule has 2 aromatic rings. The number of hydrogen-bond acceptors (Lipinski definition) is 8. The molecule has 3 rings (SSSR count). The second-order valence-electron chi connectivity index (χ2n) is 8.80. The number of rotatable bonds is 7. The lowest BCUT2D eigenvalue weighted by Gasteiger charge is -2.38. The highest BCUT2D eigenvalue weighted by Crippen LogP contribution is 2.29. The molecule has 13 heteroatoms. The summed E-state index contributed by atoms with van der Waals surface area (Å²) in [5.41, 5.74) is -2.69. The van der Waals surface area contributed by atoms with Crippen LogP contribution in [0.5, 0.6) is 5.75 Å². The average Bonchev–Trinajstić information content (AvgIpc) is 2.64. The Morgan fingerprint density at radius 1 is 1.24 bits per heavy atom. The second-order valence-corrected chi connectivity index (χ2v) is 10.9. The molecule has 0 radical (unpaired) electrons. The van der Waals surface area contributed by atoms with Crippen LogP contribution in [0.25, 0.3) is 0 Å². The number of hydrogen-bond donors (Lipinski definition) is 4. The van der Waals surface area contributed by atoms with Crippen molar-refractivity contribution in [3.8, 4) is 5.75 Å². The lowest BCUT2D eigenvalue weighted by Crippen LogP contribution is -2.63. The number of halogens is 3. The van der Waals surface area contributed by atoms with Crippen LogP contribution in [0.2, 0.25) is 0 Å². The highest BCUT2D eigenvalue weighted by molar-refractivity contribution is 7.93. The van der Waals surface area contributed by atoms with Crippen LogP contribution in [0.15, 0.2) is 36.5 Å². The van der Waals surface area contributed by atoms with Crippen LogP contribution in [-0.2, 0) is 9.84 Å². The van der Waals surface area contributed by atoms with Gasteiger partial charge in [-0.15, -0.1) is 13.2 Å². The molecule has 0 bridgehead atoms. The maximum absolute atomic E-state index is 12.7. The molecule has 0 spiro atoms. The lowest BCUT2D eigenvalue weighted by molar-refractivity contribution is -0.274. The van der Waals surface area contributed by atoms with Gasteiger partial charge >= 0.3 is 6.36 Å². The van der Waals surface area contributed by atoms with Crippen molar-refractivity contribution in [3.05, 3.63) is 47.7 Å². The highest BCUT2D eigenvalue weighted by Gasteiger charge is 2.45. The van der Waals surface area contributed by atoms with Crippen molar-refractivity contribution in [2.24, 2.45) is 0 Å². The van der Waals surface area contributed by atoms with Gasteiger partial charge in [0.15, 0.2) is 9.84 Å². The molecule has 1 aromatic carbocycles. The molecule has 9 nitrogen and oxygen atoms in total. The van der Waals surface area contributed by atoms with Crippen LogP contribution in [0.3, 0.4) is 0 Å². The van der Waals surface area contributed by atoms with Gasteiger partial charge in [-0.3, -0.25) is 4.79 Å². The number of benzene rings is 1. The van der Waals surface area contributed by atoms with E-state index in [0.717, 1.165) is 12.1 Å². The van der Waals surface area contributed by atoms with Crippen molar-refractivity contribution in [1.29, 1.82) is 5.41 Å². The molecule has 1 amide bonds. The Morgan fingerprint density at radius 2 is 1.88 bits per heavy atom. The van der Waals surface area contributed by atoms with E-state index in [-0.39, 0.29) is 39.8 Å². The maximum atomic E-state index is 12.7. The quantitative estimate of drug-likeness (QED) is 0.429. The molecule has 4 N–H and O–H groups in total. The van der Waals surface area contributed by atoms with E-state index in [4.69, 9.17) is 5.41 Å². The first kappa shape index (κ1) is 25.4. The molecular weight excluding hydrogens is 477 g/mol. The van der Waals surface area contributed by atoms with E-state index in [9.17, 15) is 31.5 Å². The Kier molecular flexibility index (Phi) is 6.39. The number of nitrogens with one attached hydrogen (secondary N) is 3. The Balaban J connectivity index is 1.91. The minimum Gasteiger partial charge on any atom is -0.406 e. The van der Waals surface area contributed by atoms with Gasteiger partial charge in [-0.1, -0.05) is 6.07 Å².